The lowest BCUT2D eigenvalue weighted by Crippen LogP contribution is -2.27. The molecule has 6 nitrogen and oxygen atoms in total. The number of rotatable bonds is 7. The molecule has 1 heterocycles. The molecular weight excluding hydrogens is 288 g/mol. The van der Waals surface area contributed by atoms with Gasteiger partial charge in [-0.15, -0.1) is 0 Å². The smallest absolute Gasteiger partial charge is 0.240 e. The van der Waals surface area contributed by atoms with Gasteiger partial charge in [-0.1, -0.05) is 12.1 Å². The predicted molar refractivity (Wildman–Crippen MR) is 81.4 cm³/mol. The van der Waals surface area contributed by atoms with Crippen LogP contribution in [0.2, 0.25) is 0 Å². The van der Waals surface area contributed by atoms with Crippen LogP contribution >= 0.6 is 0 Å². The van der Waals surface area contributed by atoms with Crippen LogP contribution in [0.4, 0.5) is 0 Å². The molecule has 114 valence electrons. The molecule has 1 aromatic carbocycles. The van der Waals surface area contributed by atoms with E-state index in [9.17, 15) is 8.42 Å². The van der Waals surface area contributed by atoms with Gasteiger partial charge >= 0.3 is 0 Å². The zero-order valence-corrected chi connectivity index (χ0v) is 13.0. The van der Waals surface area contributed by atoms with Crippen molar-refractivity contribution < 1.29 is 8.42 Å². The molecule has 0 saturated carbocycles. The van der Waals surface area contributed by atoms with Crippen LogP contribution in [0.1, 0.15) is 11.1 Å². The number of aromatic nitrogens is 2. The molecule has 2 N–H and O–H groups in total. The number of aryl methyl sites for hydroxylation is 1. The lowest BCUT2D eigenvalue weighted by Gasteiger charge is -2.08. The predicted octanol–water partition coefficient (Wildman–Crippen LogP) is 0.889. The largest absolute Gasteiger partial charge is 0.316 e. The fourth-order valence-corrected chi connectivity index (χ4v) is 3.08. The van der Waals surface area contributed by atoms with Crippen molar-refractivity contribution in [3.8, 4) is 0 Å². The van der Waals surface area contributed by atoms with E-state index in [2.05, 4.69) is 15.1 Å². The van der Waals surface area contributed by atoms with Crippen molar-refractivity contribution in [3.05, 3.63) is 47.8 Å². The van der Waals surface area contributed by atoms with Crippen molar-refractivity contribution in [1.82, 2.24) is 19.8 Å². The van der Waals surface area contributed by atoms with Crippen molar-refractivity contribution in [2.75, 3.05) is 13.6 Å². The first-order chi connectivity index (χ1) is 10.0. The lowest BCUT2D eigenvalue weighted by molar-refractivity contribution is 0.560. The van der Waals surface area contributed by atoms with Crippen LogP contribution in [0.15, 0.2) is 41.6 Å². The molecule has 0 saturated heterocycles. The Balaban J connectivity index is 1.99. The van der Waals surface area contributed by atoms with Gasteiger partial charge in [0.05, 0.1) is 17.6 Å². The fourth-order valence-electron chi connectivity index (χ4n) is 1.99. The first-order valence-electron chi connectivity index (χ1n) is 6.73. The minimum atomic E-state index is -3.48. The van der Waals surface area contributed by atoms with Crippen molar-refractivity contribution in [1.29, 1.82) is 0 Å². The SMILES string of the molecule is CNCc1cccc(S(=O)(=O)NCCn2cc(C)cn2)c1. The van der Waals surface area contributed by atoms with Gasteiger partial charge in [-0.25, -0.2) is 13.1 Å². The lowest BCUT2D eigenvalue weighted by atomic mass is 10.2. The standard InChI is InChI=1S/C14H20N4O2S/c1-12-9-16-18(11-12)7-6-17-21(19,20)14-5-3-4-13(8-14)10-15-2/h3-5,8-9,11,15,17H,6-7,10H2,1-2H3. The fraction of sp³-hybridized carbons (Fsp3) is 0.357. The second-order valence-electron chi connectivity index (χ2n) is 4.86. The van der Waals surface area contributed by atoms with Crippen molar-refractivity contribution in [3.63, 3.8) is 0 Å². The Morgan fingerprint density at radius 3 is 2.81 bits per heavy atom. The molecule has 0 bridgehead atoms. The Labute approximate surface area is 125 Å². The number of hydrogen-bond acceptors (Lipinski definition) is 4. The van der Waals surface area contributed by atoms with Gasteiger partial charge in [0.1, 0.15) is 0 Å². The van der Waals surface area contributed by atoms with E-state index in [1.54, 1.807) is 29.1 Å². The van der Waals surface area contributed by atoms with Crippen LogP contribution in [-0.4, -0.2) is 31.8 Å². The molecule has 0 amide bonds. The monoisotopic (exact) mass is 308 g/mol. The molecule has 2 rings (SSSR count). The zero-order chi connectivity index (χ0) is 15.3. The molecule has 0 aliphatic rings. The number of benzene rings is 1. The number of hydrogen-bond donors (Lipinski definition) is 2. The Hall–Kier alpha value is -1.70. The van der Waals surface area contributed by atoms with Crippen LogP contribution in [0.25, 0.3) is 0 Å². The highest BCUT2D eigenvalue weighted by Gasteiger charge is 2.13. The van der Waals surface area contributed by atoms with E-state index in [0.717, 1.165) is 11.1 Å². The van der Waals surface area contributed by atoms with Crippen LogP contribution in [-0.2, 0) is 23.1 Å². The van der Waals surface area contributed by atoms with Crippen LogP contribution in [0.3, 0.4) is 0 Å². The maximum Gasteiger partial charge on any atom is 0.240 e. The summed E-state index contributed by atoms with van der Waals surface area (Å²) in [6.45, 7) is 3.39. The maximum atomic E-state index is 12.2. The third-order valence-electron chi connectivity index (χ3n) is 2.98. The summed E-state index contributed by atoms with van der Waals surface area (Å²) in [6.07, 6.45) is 3.62. The van der Waals surface area contributed by atoms with Gasteiger partial charge in [-0.3, -0.25) is 4.68 Å². The molecule has 21 heavy (non-hydrogen) atoms. The minimum Gasteiger partial charge on any atom is -0.316 e. The molecule has 0 spiro atoms. The van der Waals surface area contributed by atoms with Gasteiger partial charge < -0.3 is 5.32 Å². The van der Waals surface area contributed by atoms with E-state index < -0.39 is 10.0 Å². The number of nitrogens with zero attached hydrogens (tertiary/aromatic N) is 2. The first-order valence-corrected chi connectivity index (χ1v) is 8.22. The van der Waals surface area contributed by atoms with Crippen molar-refractivity contribution in [2.45, 2.75) is 24.9 Å². The van der Waals surface area contributed by atoms with Crippen molar-refractivity contribution >= 4 is 10.0 Å². The summed E-state index contributed by atoms with van der Waals surface area (Å²) in [5, 5.41) is 7.12. The molecule has 0 aliphatic heterocycles. The molecule has 0 aliphatic carbocycles. The maximum absolute atomic E-state index is 12.2. The molecule has 0 fully saturated rings. The van der Waals surface area contributed by atoms with Crippen LogP contribution in [0, 0.1) is 6.92 Å². The molecule has 0 unspecified atom stereocenters. The molecule has 7 heteroatoms. The van der Waals surface area contributed by atoms with Gasteiger partial charge in [-0.2, -0.15) is 5.10 Å². The second kappa shape index (κ2) is 6.84. The Morgan fingerprint density at radius 2 is 2.14 bits per heavy atom. The highest BCUT2D eigenvalue weighted by Crippen LogP contribution is 2.11. The van der Waals surface area contributed by atoms with Gasteiger partial charge in [0.2, 0.25) is 10.0 Å². The van der Waals surface area contributed by atoms with Crippen molar-refractivity contribution in [2.24, 2.45) is 0 Å². The number of sulfonamides is 1. The Bertz CT molecular complexity index is 695. The molecule has 0 atom stereocenters. The average molecular weight is 308 g/mol. The van der Waals surface area contributed by atoms with E-state index in [1.165, 1.54) is 0 Å². The zero-order valence-electron chi connectivity index (χ0n) is 12.2. The third kappa shape index (κ3) is 4.38. The van der Waals surface area contributed by atoms with Gasteiger partial charge in [-0.05, 0) is 37.2 Å². The van der Waals surface area contributed by atoms with E-state index in [-0.39, 0.29) is 4.90 Å². The Kier molecular flexibility index (Phi) is 5.11. The molecular formula is C14H20N4O2S. The minimum absolute atomic E-state index is 0.284. The van der Waals surface area contributed by atoms with E-state index in [4.69, 9.17) is 0 Å². The van der Waals surface area contributed by atoms with Gasteiger partial charge in [0.15, 0.2) is 0 Å². The van der Waals surface area contributed by atoms with E-state index >= 15 is 0 Å². The second-order valence-corrected chi connectivity index (χ2v) is 6.62. The highest BCUT2D eigenvalue weighted by atomic mass is 32.2. The summed E-state index contributed by atoms with van der Waals surface area (Å²) in [7, 11) is -1.66. The topological polar surface area (TPSA) is 76.0 Å². The third-order valence-corrected chi connectivity index (χ3v) is 4.44. The summed E-state index contributed by atoms with van der Waals surface area (Å²) < 4.78 is 28.8. The average Bonchev–Trinajstić information content (AvgIpc) is 2.85. The van der Waals surface area contributed by atoms with Gasteiger partial charge in [0, 0.05) is 19.3 Å². The summed E-state index contributed by atoms with van der Waals surface area (Å²) in [5.41, 5.74) is 1.99. The summed E-state index contributed by atoms with van der Waals surface area (Å²) in [5.74, 6) is 0. The van der Waals surface area contributed by atoms with Gasteiger partial charge in [0.25, 0.3) is 0 Å². The number of nitrogens with one attached hydrogen (secondary N) is 2. The quantitative estimate of drug-likeness (QED) is 0.796. The van der Waals surface area contributed by atoms with Crippen LogP contribution < -0.4 is 10.0 Å². The summed E-state index contributed by atoms with van der Waals surface area (Å²) in [6, 6.07) is 6.91. The first kappa shape index (κ1) is 15.7. The normalized spacial score (nSPS) is 11.7. The summed E-state index contributed by atoms with van der Waals surface area (Å²) >= 11 is 0. The van der Waals surface area contributed by atoms with Crippen LogP contribution in [0.5, 0.6) is 0 Å². The molecule has 0 radical (unpaired) electrons. The van der Waals surface area contributed by atoms with E-state index in [0.29, 0.717) is 19.6 Å². The summed E-state index contributed by atoms with van der Waals surface area (Å²) in [4.78, 5) is 0.284. The van der Waals surface area contributed by atoms with E-state index in [1.807, 2.05) is 26.2 Å². The molecule has 2 aromatic rings. The molecule has 1 aromatic heterocycles. The Morgan fingerprint density at radius 1 is 1.33 bits per heavy atom. The highest BCUT2D eigenvalue weighted by molar-refractivity contribution is 7.89.